The second-order valence-electron chi connectivity index (χ2n) is 4.36. The van der Waals surface area contributed by atoms with E-state index < -0.39 is 0 Å². The largest absolute Gasteiger partial charge is 0.496 e. The van der Waals surface area contributed by atoms with Crippen LogP contribution < -0.4 is 9.47 Å². The molecule has 0 radical (unpaired) electrons. The van der Waals surface area contributed by atoms with E-state index in [0.717, 1.165) is 22.8 Å². The molecular formula is C15H15N3O2. The zero-order valence-electron chi connectivity index (χ0n) is 11.4. The molecular weight excluding hydrogens is 254 g/mol. The Morgan fingerprint density at radius 1 is 1.00 bits per heavy atom. The number of rotatable bonds is 4. The van der Waals surface area contributed by atoms with Gasteiger partial charge >= 0.3 is 0 Å². The fourth-order valence-electron chi connectivity index (χ4n) is 2.18. The SMILES string of the molecule is COc1ccccc1Cc1nc2c(OC)cccn2n1. The number of ether oxygens (including phenoxy) is 2. The summed E-state index contributed by atoms with van der Waals surface area (Å²) in [7, 11) is 3.29. The van der Waals surface area contributed by atoms with E-state index in [1.54, 1.807) is 18.7 Å². The van der Waals surface area contributed by atoms with E-state index in [1.807, 2.05) is 42.6 Å². The van der Waals surface area contributed by atoms with Crippen LogP contribution in [0.15, 0.2) is 42.6 Å². The van der Waals surface area contributed by atoms with E-state index >= 15 is 0 Å². The van der Waals surface area contributed by atoms with Gasteiger partial charge in [-0.2, -0.15) is 5.10 Å². The second kappa shape index (κ2) is 5.21. The van der Waals surface area contributed by atoms with Gasteiger partial charge in [-0.15, -0.1) is 0 Å². The van der Waals surface area contributed by atoms with Crippen LogP contribution in [0.1, 0.15) is 11.4 Å². The first-order valence-electron chi connectivity index (χ1n) is 6.32. The molecule has 102 valence electrons. The summed E-state index contributed by atoms with van der Waals surface area (Å²) in [5.74, 6) is 2.29. The van der Waals surface area contributed by atoms with Crippen molar-refractivity contribution in [2.75, 3.05) is 14.2 Å². The molecule has 0 N–H and O–H groups in total. The van der Waals surface area contributed by atoms with E-state index in [1.165, 1.54) is 0 Å². The normalized spacial score (nSPS) is 10.7. The first-order chi connectivity index (χ1) is 9.81. The van der Waals surface area contributed by atoms with Crippen LogP contribution in [0.3, 0.4) is 0 Å². The summed E-state index contributed by atoms with van der Waals surface area (Å²) in [5, 5.41) is 4.46. The Labute approximate surface area is 116 Å². The summed E-state index contributed by atoms with van der Waals surface area (Å²) in [5.41, 5.74) is 1.78. The third-order valence-electron chi connectivity index (χ3n) is 3.13. The average Bonchev–Trinajstić information content (AvgIpc) is 2.90. The lowest BCUT2D eigenvalue weighted by Gasteiger charge is -2.05. The standard InChI is InChI=1S/C15H15N3O2/c1-19-12-7-4-3-6-11(12)10-14-16-15-13(20-2)8-5-9-18(15)17-14/h3-9H,10H2,1-2H3. The minimum atomic E-state index is 0.620. The molecule has 0 amide bonds. The smallest absolute Gasteiger partial charge is 0.198 e. The predicted octanol–water partition coefficient (Wildman–Crippen LogP) is 2.34. The third-order valence-corrected chi connectivity index (χ3v) is 3.13. The predicted molar refractivity (Wildman–Crippen MR) is 75.3 cm³/mol. The van der Waals surface area contributed by atoms with Gasteiger partial charge < -0.3 is 9.47 Å². The molecule has 3 aromatic rings. The maximum atomic E-state index is 5.35. The summed E-state index contributed by atoms with van der Waals surface area (Å²) < 4.78 is 12.4. The second-order valence-corrected chi connectivity index (χ2v) is 4.36. The number of nitrogens with zero attached hydrogens (tertiary/aromatic N) is 3. The number of para-hydroxylation sites is 1. The first kappa shape index (κ1) is 12.5. The van der Waals surface area contributed by atoms with Crippen molar-refractivity contribution in [2.45, 2.75) is 6.42 Å². The van der Waals surface area contributed by atoms with Crippen molar-refractivity contribution < 1.29 is 9.47 Å². The lowest BCUT2D eigenvalue weighted by Crippen LogP contribution is -1.95. The topological polar surface area (TPSA) is 48.7 Å². The average molecular weight is 269 g/mol. The fourth-order valence-corrected chi connectivity index (χ4v) is 2.18. The Balaban J connectivity index is 1.99. The number of hydrogen-bond donors (Lipinski definition) is 0. The highest BCUT2D eigenvalue weighted by molar-refractivity contribution is 5.53. The highest BCUT2D eigenvalue weighted by atomic mass is 16.5. The third kappa shape index (κ3) is 2.18. The molecule has 0 aliphatic carbocycles. The molecule has 1 aromatic carbocycles. The Bertz CT molecular complexity index is 737. The lowest BCUT2D eigenvalue weighted by molar-refractivity contribution is 0.410. The van der Waals surface area contributed by atoms with Gasteiger partial charge in [-0.25, -0.2) is 9.50 Å². The van der Waals surface area contributed by atoms with E-state index in [4.69, 9.17) is 9.47 Å². The van der Waals surface area contributed by atoms with Gasteiger partial charge in [-0.05, 0) is 18.2 Å². The van der Waals surface area contributed by atoms with Crippen LogP contribution in [0.25, 0.3) is 5.65 Å². The molecule has 0 aliphatic rings. The van der Waals surface area contributed by atoms with Gasteiger partial charge in [0.15, 0.2) is 17.2 Å². The van der Waals surface area contributed by atoms with Crippen molar-refractivity contribution in [2.24, 2.45) is 0 Å². The highest BCUT2D eigenvalue weighted by Gasteiger charge is 2.10. The Morgan fingerprint density at radius 3 is 2.55 bits per heavy atom. The molecule has 0 fully saturated rings. The van der Waals surface area contributed by atoms with E-state index in [0.29, 0.717) is 12.2 Å². The molecule has 0 unspecified atom stereocenters. The van der Waals surface area contributed by atoms with Crippen LogP contribution in [-0.2, 0) is 6.42 Å². The van der Waals surface area contributed by atoms with Crippen LogP contribution in [-0.4, -0.2) is 28.8 Å². The number of aromatic nitrogens is 3. The van der Waals surface area contributed by atoms with Crippen molar-refractivity contribution in [3.63, 3.8) is 0 Å². The van der Waals surface area contributed by atoms with Crippen LogP contribution >= 0.6 is 0 Å². The molecule has 0 bridgehead atoms. The number of pyridine rings is 1. The van der Waals surface area contributed by atoms with Crippen LogP contribution in [0, 0.1) is 0 Å². The van der Waals surface area contributed by atoms with E-state index in [9.17, 15) is 0 Å². The van der Waals surface area contributed by atoms with Gasteiger partial charge in [0.05, 0.1) is 14.2 Å². The Kier molecular flexibility index (Phi) is 3.25. The molecule has 5 nitrogen and oxygen atoms in total. The Morgan fingerprint density at radius 2 is 1.75 bits per heavy atom. The van der Waals surface area contributed by atoms with Crippen molar-refractivity contribution in [3.05, 3.63) is 54.0 Å². The van der Waals surface area contributed by atoms with Gasteiger partial charge in [0.1, 0.15) is 5.75 Å². The zero-order valence-corrected chi connectivity index (χ0v) is 11.4. The van der Waals surface area contributed by atoms with Crippen molar-refractivity contribution in [3.8, 4) is 11.5 Å². The number of methoxy groups -OCH3 is 2. The van der Waals surface area contributed by atoms with Crippen LogP contribution in [0.5, 0.6) is 11.5 Å². The van der Waals surface area contributed by atoms with Crippen molar-refractivity contribution in [1.82, 2.24) is 14.6 Å². The summed E-state index contributed by atoms with van der Waals surface area (Å²) in [4.78, 5) is 4.53. The fraction of sp³-hybridized carbons (Fsp3) is 0.200. The van der Waals surface area contributed by atoms with Gasteiger partial charge in [-0.1, -0.05) is 18.2 Å². The maximum Gasteiger partial charge on any atom is 0.198 e. The van der Waals surface area contributed by atoms with Crippen LogP contribution in [0.2, 0.25) is 0 Å². The minimum Gasteiger partial charge on any atom is -0.496 e. The summed E-state index contributed by atoms with van der Waals surface area (Å²) in [6.45, 7) is 0. The molecule has 20 heavy (non-hydrogen) atoms. The maximum absolute atomic E-state index is 5.35. The molecule has 0 saturated heterocycles. The van der Waals surface area contributed by atoms with Crippen LogP contribution in [0.4, 0.5) is 0 Å². The number of benzene rings is 1. The van der Waals surface area contributed by atoms with E-state index in [-0.39, 0.29) is 0 Å². The minimum absolute atomic E-state index is 0.620. The Hall–Kier alpha value is -2.56. The molecule has 0 saturated carbocycles. The van der Waals surface area contributed by atoms with Gasteiger partial charge in [0.25, 0.3) is 0 Å². The summed E-state index contributed by atoms with van der Waals surface area (Å²) >= 11 is 0. The molecule has 0 atom stereocenters. The van der Waals surface area contributed by atoms with Gasteiger partial charge in [0.2, 0.25) is 0 Å². The molecule has 2 heterocycles. The highest BCUT2D eigenvalue weighted by Crippen LogP contribution is 2.21. The molecule has 0 aliphatic heterocycles. The molecule has 3 rings (SSSR count). The van der Waals surface area contributed by atoms with Crippen molar-refractivity contribution >= 4 is 5.65 Å². The molecule has 5 heteroatoms. The summed E-state index contributed by atoms with van der Waals surface area (Å²) in [6.07, 6.45) is 2.48. The molecule has 2 aromatic heterocycles. The molecule has 0 spiro atoms. The summed E-state index contributed by atoms with van der Waals surface area (Å²) in [6, 6.07) is 11.6. The monoisotopic (exact) mass is 269 g/mol. The van der Waals surface area contributed by atoms with Crippen molar-refractivity contribution in [1.29, 1.82) is 0 Å². The number of fused-ring (bicyclic) bond motifs is 1. The first-order valence-corrected chi connectivity index (χ1v) is 6.32. The van der Waals surface area contributed by atoms with Gasteiger partial charge in [0, 0.05) is 18.2 Å². The van der Waals surface area contributed by atoms with Gasteiger partial charge in [-0.3, -0.25) is 0 Å². The van der Waals surface area contributed by atoms with E-state index in [2.05, 4.69) is 10.1 Å². The lowest BCUT2D eigenvalue weighted by atomic mass is 10.1. The number of hydrogen-bond acceptors (Lipinski definition) is 4. The zero-order chi connectivity index (χ0) is 13.9. The quantitative estimate of drug-likeness (QED) is 0.729.